The maximum Gasteiger partial charge on any atom is 0.146 e. The van der Waals surface area contributed by atoms with Crippen LogP contribution in [0.3, 0.4) is 0 Å². The molecule has 1 aromatic rings. The SMILES string of the molecule is COC1CCN(c2ccccc2F)C(N)C1. The highest BCUT2D eigenvalue weighted by Crippen LogP contribution is 2.25. The number of nitrogens with two attached hydrogens (primary N) is 1. The van der Waals surface area contributed by atoms with Gasteiger partial charge in [0, 0.05) is 20.1 Å². The Morgan fingerprint density at radius 2 is 2.19 bits per heavy atom. The molecule has 1 aliphatic heterocycles. The van der Waals surface area contributed by atoms with Gasteiger partial charge in [0.2, 0.25) is 0 Å². The number of piperidine rings is 1. The summed E-state index contributed by atoms with van der Waals surface area (Å²) in [5.41, 5.74) is 6.61. The van der Waals surface area contributed by atoms with E-state index in [-0.39, 0.29) is 18.1 Å². The molecular formula is C12H17FN2O. The van der Waals surface area contributed by atoms with Crippen LogP contribution in [-0.4, -0.2) is 25.9 Å². The molecule has 0 amide bonds. The minimum Gasteiger partial charge on any atom is -0.381 e. The molecular weight excluding hydrogens is 207 g/mol. The Morgan fingerprint density at radius 3 is 2.81 bits per heavy atom. The number of anilines is 1. The standard InChI is InChI=1S/C12H17FN2O/c1-16-9-6-7-15(12(14)8-9)11-5-3-2-4-10(11)13/h2-5,9,12H,6-8,14H2,1H3. The maximum atomic E-state index is 13.6. The van der Waals surface area contributed by atoms with Gasteiger partial charge in [0.25, 0.3) is 0 Å². The highest BCUT2D eigenvalue weighted by atomic mass is 19.1. The van der Waals surface area contributed by atoms with Gasteiger partial charge in [-0.3, -0.25) is 0 Å². The van der Waals surface area contributed by atoms with Gasteiger partial charge in [-0.1, -0.05) is 12.1 Å². The lowest BCUT2D eigenvalue weighted by Gasteiger charge is -2.38. The molecule has 1 aromatic carbocycles. The van der Waals surface area contributed by atoms with Gasteiger partial charge in [-0.2, -0.15) is 0 Å². The molecule has 2 atom stereocenters. The second-order valence-electron chi connectivity index (χ2n) is 4.09. The first-order valence-electron chi connectivity index (χ1n) is 5.52. The summed E-state index contributed by atoms with van der Waals surface area (Å²) in [5.74, 6) is -0.214. The molecule has 1 aliphatic rings. The van der Waals surface area contributed by atoms with Crippen molar-refractivity contribution >= 4 is 5.69 Å². The van der Waals surface area contributed by atoms with Crippen LogP contribution in [0.4, 0.5) is 10.1 Å². The molecule has 0 saturated carbocycles. The molecule has 3 nitrogen and oxygen atoms in total. The van der Waals surface area contributed by atoms with Crippen molar-refractivity contribution in [2.24, 2.45) is 5.73 Å². The zero-order valence-corrected chi connectivity index (χ0v) is 9.40. The molecule has 2 N–H and O–H groups in total. The Kier molecular flexibility index (Phi) is 3.41. The molecule has 0 aliphatic carbocycles. The van der Waals surface area contributed by atoms with Gasteiger partial charge in [0.05, 0.1) is 18.0 Å². The summed E-state index contributed by atoms with van der Waals surface area (Å²) in [6.45, 7) is 0.737. The van der Waals surface area contributed by atoms with Gasteiger partial charge in [-0.15, -0.1) is 0 Å². The van der Waals surface area contributed by atoms with Crippen LogP contribution in [0.5, 0.6) is 0 Å². The predicted octanol–water partition coefficient (Wildman–Crippen LogP) is 1.73. The quantitative estimate of drug-likeness (QED) is 0.831. The Morgan fingerprint density at radius 1 is 1.44 bits per heavy atom. The van der Waals surface area contributed by atoms with Crippen molar-refractivity contribution in [2.45, 2.75) is 25.1 Å². The minimum atomic E-state index is -0.214. The van der Waals surface area contributed by atoms with Crippen LogP contribution < -0.4 is 10.6 Å². The largest absolute Gasteiger partial charge is 0.381 e. The van der Waals surface area contributed by atoms with Gasteiger partial charge in [0.15, 0.2) is 0 Å². The smallest absolute Gasteiger partial charge is 0.146 e. The zero-order chi connectivity index (χ0) is 11.5. The van der Waals surface area contributed by atoms with Crippen molar-refractivity contribution in [3.63, 3.8) is 0 Å². The lowest BCUT2D eigenvalue weighted by molar-refractivity contribution is 0.0706. The van der Waals surface area contributed by atoms with E-state index < -0.39 is 0 Å². The normalized spacial score (nSPS) is 25.8. The van der Waals surface area contributed by atoms with Crippen LogP contribution in [-0.2, 0) is 4.74 Å². The topological polar surface area (TPSA) is 38.5 Å². The maximum absolute atomic E-state index is 13.6. The average Bonchev–Trinajstić information content (AvgIpc) is 2.30. The molecule has 16 heavy (non-hydrogen) atoms. The average molecular weight is 224 g/mol. The molecule has 0 spiro atoms. The number of methoxy groups -OCH3 is 1. The van der Waals surface area contributed by atoms with Crippen molar-refractivity contribution in [1.29, 1.82) is 0 Å². The molecule has 1 saturated heterocycles. The number of hydrogen-bond acceptors (Lipinski definition) is 3. The third kappa shape index (κ3) is 2.18. The number of para-hydroxylation sites is 1. The molecule has 88 valence electrons. The lowest BCUT2D eigenvalue weighted by atomic mass is 10.0. The van der Waals surface area contributed by atoms with Crippen molar-refractivity contribution in [2.75, 3.05) is 18.6 Å². The van der Waals surface area contributed by atoms with E-state index in [0.717, 1.165) is 19.4 Å². The van der Waals surface area contributed by atoms with Gasteiger partial charge in [-0.25, -0.2) is 4.39 Å². The van der Waals surface area contributed by atoms with Gasteiger partial charge >= 0.3 is 0 Å². The van der Waals surface area contributed by atoms with Gasteiger partial charge in [0.1, 0.15) is 5.82 Å². The van der Waals surface area contributed by atoms with E-state index >= 15 is 0 Å². The van der Waals surface area contributed by atoms with E-state index in [1.807, 2.05) is 11.0 Å². The fraction of sp³-hybridized carbons (Fsp3) is 0.500. The molecule has 0 aromatic heterocycles. The predicted molar refractivity (Wildman–Crippen MR) is 61.8 cm³/mol. The van der Waals surface area contributed by atoms with Crippen molar-refractivity contribution in [3.05, 3.63) is 30.1 Å². The van der Waals surface area contributed by atoms with E-state index in [4.69, 9.17) is 10.5 Å². The number of halogens is 1. The van der Waals surface area contributed by atoms with Crippen LogP contribution in [0.2, 0.25) is 0 Å². The van der Waals surface area contributed by atoms with E-state index in [9.17, 15) is 4.39 Å². The highest BCUT2D eigenvalue weighted by molar-refractivity contribution is 5.48. The Bertz CT molecular complexity index is 359. The molecule has 2 unspecified atom stereocenters. The second-order valence-corrected chi connectivity index (χ2v) is 4.09. The van der Waals surface area contributed by atoms with Crippen molar-refractivity contribution in [3.8, 4) is 0 Å². The number of hydrogen-bond donors (Lipinski definition) is 1. The number of nitrogens with zero attached hydrogens (tertiary/aromatic N) is 1. The van der Waals surface area contributed by atoms with Crippen molar-refractivity contribution < 1.29 is 9.13 Å². The van der Waals surface area contributed by atoms with Gasteiger partial charge < -0.3 is 15.4 Å². The molecule has 1 fully saturated rings. The highest BCUT2D eigenvalue weighted by Gasteiger charge is 2.27. The summed E-state index contributed by atoms with van der Waals surface area (Å²) in [7, 11) is 1.69. The Hall–Kier alpha value is -1.13. The Balaban J connectivity index is 2.14. The number of rotatable bonds is 2. The van der Waals surface area contributed by atoms with Crippen LogP contribution in [0.25, 0.3) is 0 Å². The number of benzene rings is 1. The monoisotopic (exact) mass is 224 g/mol. The number of ether oxygens (including phenoxy) is 1. The Labute approximate surface area is 95.0 Å². The lowest BCUT2D eigenvalue weighted by Crippen LogP contribution is -2.50. The molecule has 0 bridgehead atoms. The van der Waals surface area contributed by atoms with Crippen LogP contribution >= 0.6 is 0 Å². The molecule has 1 heterocycles. The summed E-state index contributed by atoms with van der Waals surface area (Å²) in [6.07, 6.45) is 1.65. The second kappa shape index (κ2) is 4.80. The summed E-state index contributed by atoms with van der Waals surface area (Å²) < 4.78 is 18.9. The summed E-state index contributed by atoms with van der Waals surface area (Å²) >= 11 is 0. The van der Waals surface area contributed by atoms with Crippen molar-refractivity contribution in [1.82, 2.24) is 0 Å². The molecule has 4 heteroatoms. The zero-order valence-electron chi connectivity index (χ0n) is 9.40. The van der Waals surface area contributed by atoms with Crippen LogP contribution in [0.15, 0.2) is 24.3 Å². The molecule has 2 rings (SSSR count). The summed E-state index contributed by atoms with van der Waals surface area (Å²) in [6, 6.07) is 6.74. The summed E-state index contributed by atoms with van der Waals surface area (Å²) in [4.78, 5) is 1.91. The van der Waals surface area contributed by atoms with Crippen LogP contribution in [0, 0.1) is 5.82 Å². The molecule has 0 radical (unpaired) electrons. The van der Waals surface area contributed by atoms with E-state index in [1.165, 1.54) is 6.07 Å². The first-order valence-corrected chi connectivity index (χ1v) is 5.52. The third-order valence-electron chi connectivity index (χ3n) is 3.09. The first kappa shape index (κ1) is 11.4. The van der Waals surface area contributed by atoms with Crippen LogP contribution in [0.1, 0.15) is 12.8 Å². The first-order chi connectivity index (χ1) is 7.72. The van der Waals surface area contributed by atoms with E-state index in [0.29, 0.717) is 5.69 Å². The minimum absolute atomic E-state index is 0.171. The summed E-state index contributed by atoms with van der Waals surface area (Å²) in [5, 5.41) is 0. The van der Waals surface area contributed by atoms with Gasteiger partial charge in [-0.05, 0) is 18.6 Å². The fourth-order valence-corrected chi connectivity index (χ4v) is 2.16. The van der Waals surface area contributed by atoms with E-state index in [2.05, 4.69) is 0 Å². The van der Waals surface area contributed by atoms with E-state index in [1.54, 1.807) is 19.2 Å². The third-order valence-corrected chi connectivity index (χ3v) is 3.09. The fourth-order valence-electron chi connectivity index (χ4n) is 2.16.